The van der Waals surface area contributed by atoms with Crippen LogP contribution in [0.4, 0.5) is 0 Å². The second-order valence-corrected chi connectivity index (χ2v) is 5.20. The molecule has 1 amide bonds. The molecule has 2 rings (SSSR count). The van der Waals surface area contributed by atoms with E-state index in [1.807, 2.05) is 13.8 Å². The smallest absolute Gasteiger partial charge is 0.251 e. The summed E-state index contributed by atoms with van der Waals surface area (Å²) in [6.07, 6.45) is 1.29. The molecule has 6 heteroatoms. The van der Waals surface area contributed by atoms with Crippen LogP contribution in [-0.4, -0.2) is 30.0 Å². The molecule has 0 spiro atoms. The van der Waals surface area contributed by atoms with E-state index in [0.29, 0.717) is 34.9 Å². The van der Waals surface area contributed by atoms with Crippen LogP contribution in [0.1, 0.15) is 37.0 Å². The summed E-state index contributed by atoms with van der Waals surface area (Å²) in [7, 11) is 0. The van der Waals surface area contributed by atoms with E-state index < -0.39 is 5.54 Å². The standard InChI is InChI=1S/C14H18ClNO4/c1-3-14(4-2,7-17)16-13(18)9-5-10(15)12-11(6-9)19-8-20-12/h5-6,17H,3-4,7-8H2,1-2H3,(H,16,18). The molecule has 0 aromatic heterocycles. The minimum absolute atomic E-state index is 0.102. The first kappa shape index (κ1) is 14.9. The maximum atomic E-state index is 12.3. The lowest BCUT2D eigenvalue weighted by Crippen LogP contribution is -2.50. The fourth-order valence-electron chi connectivity index (χ4n) is 2.10. The number of amides is 1. The molecule has 0 fully saturated rings. The zero-order chi connectivity index (χ0) is 14.8. The van der Waals surface area contributed by atoms with Crippen molar-refractivity contribution in [2.45, 2.75) is 32.2 Å². The van der Waals surface area contributed by atoms with Crippen LogP contribution in [0.3, 0.4) is 0 Å². The highest BCUT2D eigenvalue weighted by molar-refractivity contribution is 6.32. The van der Waals surface area contributed by atoms with E-state index >= 15 is 0 Å². The van der Waals surface area contributed by atoms with Crippen molar-refractivity contribution in [1.29, 1.82) is 0 Å². The van der Waals surface area contributed by atoms with E-state index in [2.05, 4.69) is 5.32 Å². The number of hydrogen-bond donors (Lipinski definition) is 2. The number of fused-ring (bicyclic) bond motifs is 1. The van der Waals surface area contributed by atoms with E-state index in [1.54, 1.807) is 6.07 Å². The summed E-state index contributed by atoms with van der Waals surface area (Å²) in [5.41, 5.74) is -0.223. The fourth-order valence-corrected chi connectivity index (χ4v) is 2.37. The number of carbonyl (C=O) groups excluding carboxylic acids is 1. The molecule has 0 radical (unpaired) electrons. The van der Waals surface area contributed by atoms with Gasteiger partial charge in [0.1, 0.15) is 0 Å². The van der Waals surface area contributed by atoms with Crippen LogP contribution in [-0.2, 0) is 0 Å². The van der Waals surface area contributed by atoms with Gasteiger partial charge in [-0.15, -0.1) is 0 Å². The number of carbonyl (C=O) groups is 1. The highest BCUT2D eigenvalue weighted by Crippen LogP contribution is 2.39. The molecule has 110 valence electrons. The van der Waals surface area contributed by atoms with Crippen molar-refractivity contribution in [2.75, 3.05) is 13.4 Å². The van der Waals surface area contributed by atoms with E-state index in [0.717, 1.165) is 0 Å². The predicted molar refractivity (Wildman–Crippen MR) is 75.4 cm³/mol. The summed E-state index contributed by atoms with van der Waals surface area (Å²) >= 11 is 6.06. The van der Waals surface area contributed by atoms with Gasteiger partial charge < -0.3 is 19.9 Å². The zero-order valence-electron chi connectivity index (χ0n) is 11.5. The van der Waals surface area contributed by atoms with Gasteiger partial charge in [-0.05, 0) is 25.0 Å². The highest BCUT2D eigenvalue weighted by Gasteiger charge is 2.29. The fraction of sp³-hybridized carbons (Fsp3) is 0.500. The molecule has 20 heavy (non-hydrogen) atoms. The van der Waals surface area contributed by atoms with Gasteiger partial charge in [-0.1, -0.05) is 25.4 Å². The number of benzene rings is 1. The lowest BCUT2D eigenvalue weighted by Gasteiger charge is -2.30. The number of rotatable bonds is 5. The van der Waals surface area contributed by atoms with Gasteiger partial charge in [0.25, 0.3) is 5.91 Å². The predicted octanol–water partition coefficient (Wildman–Crippen LogP) is 2.35. The van der Waals surface area contributed by atoms with Gasteiger partial charge >= 0.3 is 0 Å². The summed E-state index contributed by atoms with van der Waals surface area (Å²) in [6, 6.07) is 3.13. The van der Waals surface area contributed by atoms with E-state index in [1.165, 1.54) is 6.07 Å². The van der Waals surface area contributed by atoms with Crippen molar-refractivity contribution < 1.29 is 19.4 Å². The molecule has 0 bridgehead atoms. The highest BCUT2D eigenvalue weighted by atomic mass is 35.5. The number of aliphatic hydroxyl groups is 1. The van der Waals surface area contributed by atoms with Gasteiger partial charge in [0.05, 0.1) is 17.2 Å². The first-order valence-corrected chi connectivity index (χ1v) is 6.95. The minimum atomic E-state index is -0.611. The zero-order valence-corrected chi connectivity index (χ0v) is 12.3. The largest absolute Gasteiger partial charge is 0.454 e. The molecule has 1 heterocycles. The molecule has 0 aliphatic carbocycles. The van der Waals surface area contributed by atoms with Crippen LogP contribution >= 0.6 is 11.6 Å². The molecule has 1 aromatic carbocycles. The topological polar surface area (TPSA) is 67.8 Å². The Morgan fingerprint density at radius 2 is 2.10 bits per heavy atom. The van der Waals surface area contributed by atoms with Gasteiger partial charge in [0.2, 0.25) is 6.79 Å². The molecule has 5 nitrogen and oxygen atoms in total. The summed E-state index contributed by atoms with van der Waals surface area (Å²) < 4.78 is 10.4. The van der Waals surface area contributed by atoms with Gasteiger partial charge in [0, 0.05) is 5.56 Å². The average molecular weight is 300 g/mol. The third kappa shape index (κ3) is 2.69. The van der Waals surface area contributed by atoms with Crippen LogP contribution in [0.2, 0.25) is 5.02 Å². The van der Waals surface area contributed by atoms with Crippen LogP contribution in [0.5, 0.6) is 11.5 Å². The minimum Gasteiger partial charge on any atom is -0.454 e. The lowest BCUT2D eigenvalue weighted by molar-refractivity contribution is 0.0817. The second kappa shape index (κ2) is 5.89. The normalized spacial score (nSPS) is 13.4. The number of ether oxygens (including phenoxy) is 2. The summed E-state index contributed by atoms with van der Waals surface area (Å²) in [5.74, 6) is 0.635. The van der Waals surface area contributed by atoms with E-state index in [9.17, 15) is 9.90 Å². The molecule has 0 saturated carbocycles. The van der Waals surface area contributed by atoms with Crippen LogP contribution in [0, 0.1) is 0 Å². The molecule has 1 aliphatic heterocycles. The quantitative estimate of drug-likeness (QED) is 0.876. The Hall–Kier alpha value is -1.46. The Bertz CT molecular complexity index is 506. The van der Waals surface area contributed by atoms with Gasteiger partial charge in [0.15, 0.2) is 11.5 Å². The molecular formula is C14H18ClNO4. The average Bonchev–Trinajstić information content (AvgIpc) is 2.93. The van der Waals surface area contributed by atoms with Gasteiger partial charge in [-0.25, -0.2) is 0 Å². The van der Waals surface area contributed by atoms with Crippen molar-refractivity contribution in [3.63, 3.8) is 0 Å². The van der Waals surface area contributed by atoms with Crippen molar-refractivity contribution in [3.8, 4) is 11.5 Å². The molecule has 0 atom stereocenters. The Balaban J connectivity index is 2.24. The number of hydrogen-bond acceptors (Lipinski definition) is 4. The second-order valence-electron chi connectivity index (χ2n) is 4.79. The number of nitrogens with one attached hydrogen (secondary N) is 1. The van der Waals surface area contributed by atoms with Crippen LogP contribution in [0.25, 0.3) is 0 Å². The lowest BCUT2D eigenvalue weighted by atomic mass is 9.93. The van der Waals surface area contributed by atoms with E-state index in [-0.39, 0.29) is 19.3 Å². The molecule has 1 aliphatic rings. The maximum absolute atomic E-state index is 12.3. The Morgan fingerprint density at radius 1 is 1.40 bits per heavy atom. The summed E-state index contributed by atoms with van der Waals surface area (Å²) in [4.78, 5) is 12.3. The first-order valence-electron chi connectivity index (χ1n) is 6.57. The van der Waals surface area contributed by atoms with E-state index in [4.69, 9.17) is 21.1 Å². The monoisotopic (exact) mass is 299 g/mol. The molecule has 1 aromatic rings. The van der Waals surface area contributed by atoms with Crippen molar-refractivity contribution in [2.24, 2.45) is 0 Å². The summed E-state index contributed by atoms with van der Waals surface area (Å²) in [5, 5.41) is 12.7. The molecule has 2 N–H and O–H groups in total. The van der Waals surface area contributed by atoms with Crippen LogP contribution < -0.4 is 14.8 Å². The SMILES string of the molecule is CCC(CC)(CO)NC(=O)c1cc(Cl)c2c(c1)OCO2. The number of aliphatic hydroxyl groups excluding tert-OH is 1. The van der Waals surface area contributed by atoms with Gasteiger partial charge in [-0.3, -0.25) is 4.79 Å². The van der Waals surface area contributed by atoms with Crippen molar-refractivity contribution in [3.05, 3.63) is 22.7 Å². The van der Waals surface area contributed by atoms with Gasteiger partial charge in [-0.2, -0.15) is 0 Å². The Kier molecular flexibility index (Phi) is 4.40. The van der Waals surface area contributed by atoms with Crippen LogP contribution in [0.15, 0.2) is 12.1 Å². The molecule has 0 unspecified atom stereocenters. The Labute approximate surface area is 122 Å². The summed E-state index contributed by atoms with van der Waals surface area (Å²) in [6.45, 7) is 3.84. The maximum Gasteiger partial charge on any atom is 0.251 e. The van der Waals surface area contributed by atoms with Crippen molar-refractivity contribution >= 4 is 17.5 Å². The van der Waals surface area contributed by atoms with Crippen molar-refractivity contribution in [1.82, 2.24) is 5.32 Å². The molecular weight excluding hydrogens is 282 g/mol. The first-order chi connectivity index (χ1) is 9.55. The third-order valence-corrected chi connectivity index (χ3v) is 4.01. The molecule has 0 saturated heterocycles. The Morgan fingerprint density at radius 3 is 2.70 bits per heavy atom. The number of halogens is 1. The third-order valence-electron chi connectivity index (χ3n) is 3.72.